The molecule has 2 atom stereocenters. The van der Waals surface area contributed by atoms with E-state index in [1.54, 1.807) is 31.3 Å². The van der Waals surface area contributed by atoms with Crippen LogP contribution in [0.5, 0.6) is 11.5 Å². The number of carbonyl (C=O) groups excluding carboxylic acids is 3. The first-order valence-electron chi connectivity index (χ1n) is 11.7. The average molecular weight is 482 g/mol. The van der Waals surface area contributed by atoms with Crippen molar-refractivity contribution in [2.24, 2.45) is 0 Å². The molecule has 0 aromatic heterocycles. The molecule has 2 fully saturated rings. The highest BCUT2D eigenvalue weighted by atomic mass is 16.5. The minimum absolute atomic E-state index is 0.183. The van der Waals surface area contributed by atoms with Gasteiger partial charge in [0.15, 0.2) is 11.5 Å². The van der Waals surface area contributed by atoms with Crippen molar-refractivity contribution < 1.29 is 28.6 Å². The summed E-state index contributed by atoms with van der Waals surface area (Å²) in [4.78, 5) is 41.7. The van der Waals surface area contributed by atoms with Crippen molar-refractivity contribution in [2.75, 3.05) is 34.4 Å². The summed E-state index contributed by atoms with van der Waals surface area (Å²) in [5.74, 6) is 0.638. The van der Waals surface area contributed by atoms with Gasteiger partial charge in [-0.15, -0.1) is 0 Å². The molecule has 0 aliphatic carbocycles. The molecule has 2 unspecified atom stereocenters. The van der Waals surface area contributed by atoms with Gasteiger partial charge in [-0.3, -0.25) is 9.69 Å². The Hall–Kier alpha value is -3.59. The van der Waals surface area contributed by atoms with E-state index in [-0.39, 0.29) is 24.5 Å². The quantitative estimate of drug-likeness (QED) is 0.579. The Bertz CT molecular complexity index is 1090. The van der Waals surface area contributed by atoms with Crippen LogP contribution in [0.1, 0.15) is 34.3 Å². The van der Waals surface area contributed by atoms with Gasteiger partial charge in [-0.2, -0.15) is 0 Å². The van der Waals surface area contributed by atoms with E-state index >= 15 is 0 Å². The van der Waals surface area contributed by atoms with E-state index in [1.807, 2.05) is 30.3 Å². The molecule has 1 N–H and O–H groups in total. The number of ether oxygens (including phenoxy) is 3. The Morgan fingerprint density at radius 1 is 1.00 bits per heavy atom. The molecule has 9 heteroatoms. The summed E-state index contributed by atoms with van der Waals surface area (Å²) in [5, 5.41) is 3.32. The van der Waals surface area contributed by atoms with E-state index in [1.165, 1.54) is 12.0 Å². The van der Waals surface area contributed by atoms with Crippen LogP contribution in [0.2, 0.25) is 0 Å². The van der Waals surface area contributed by atoms with Crippen molar-refractivity contribution in [1.29, 1.82) is 0 Å². The van der Waals surface area contributed by atoms with Gasteiger partial charge in [-0.1, -0.05) is 18.2 Å². The fraction of sp³-hybridized carbons (Fsp3) is 0.423. The highest BCUT2D eigenvalue weighted by molar-refractivity contribution is 6.00. The zero-order valence-electron chi connectivity index (χ0n) is 20.3. The maximum atomic E-state index is 13.5. The van der Waals surface area contributed by atoms with Crippen LogP contribution < -0.4 is 14.8 Å². The monoisotopic (exact) mass is 481 g/mol. The van der Waals surface area contributed by atoms with E-state index in [2.05, 4.69) is 5.32 Å². The molecule has 2 aliphatic heterocycles. The number of hydrogen-bond donors (Lipinski definition) is 1. The second kappa shape index (κ2) is 10.8. The van der Waals surface area contributed by atoms with Gasteiger partial charge in [0.1, 0.15) is 6.04 Å². The maximum absolute atomic E-state index is 13.5. The fourth-order valence-electron chi connectivity index (χ4n) is 4.75. The maximum Gasteiger partial charge on any atom is 0.337 e. The summed E-state index contributed by atoms with van der Waals surface area (Å²) in [6.45, 7) is 1.35. The SMILES string of the molecule is COC(=O)c1ccc(CN2C(=O)N(CCc3ccc(OC)c(OC)c3)C(=O)C3NCCCC32)cc1. The molecular weight excluding hydrogens is 450 g/mol. The predicted octanol–water partition coefficient (Wildman–Crippen LogP) is 2.62. The number of amides is 3. The summed E-state index contributed by atoms with van der Waals surface area (Å²) in [6, 6.07) is 11.7. The van der Waals surface area contributed by atoms with E-state index in [9.17, 15) is 14.4 Å². The number of urea groups is 1. The topological polar surface area (TPSA) is 97.4 Å². The van der Waals surface area contributed by atoms with Crippen LogP contribution in [0.4, 0.5) is 4.79 Å². The lowest BCUT2D eigenvalue weighted by atomic mass is 9.92. The van der Waals surface area contributed by atoms with Crippen LogP contribution >= 0.6 is 0 Å². The summed E-state index contributed by atoms with van der Waals surface area (Å²) in [6.07, 6.45) is 2.15. The van der Waals surface area contributed by atoms with E-state index in [4.69, 9.17) is 14.2 Å². The number of methoxy groups -OCH3 is 3. The van der Waals surface area contributed by atoms with Gasteiger partial charge in [0.25, 0.3) is 0 Å². The van der Waals surface area contributed by atoms with Crippen LogP contribution in [-0.4, -0.2) is 74.2 Å². The first-order valence-corrected chi connectivity index (χ1v) is 11.7. The number of esters is 1. The zero-order valence-corrected chi connectivity index (χ0v) is 20.3. The van der Waals surface area contributed by atoms with Gasteiger partial charge in [-0.25, -0.2) is 9.59 Å². The first kappa shape index (κ1) is 24.5. The molecule has 186 valence electrons. The summed E-state index contributed by atoms with van der Waals surface area (Å²) in [7, 11) is 4.49. The number of imide groups is 1. The van der Waals surface area contributed by atoms with Crippen LogP contribution in [0.25, 0.3) is 0 Å². The van der Waals surface area contributed by atoms with Gasteiger partial charge >= 0.3 is 12.0 Å². The third kappa shape index (κ3) is 5.09. The standard InChI is InChI=1S/C26H31N3O6/c1-33-21-11-8-17(15-22(21)34-2)12-14-28-24(30)23-20(5-4-13-27-23)29(26(28)32)16-18-6-9-19(10-7-18)25(31)35-3/h6-11,15,20,23,27H,4-5,12-14,16H2,1-3H3. The molecule has 2 aliphatic rings. The molecule has 2 aromatic carbocycles. The molecule has 0 radical (unpaired) electrons. The van der Waals surface area contributed by atoms with Crippen LogP contribution in [-0.2, 0) is 22.5 Å². The van der Waals surface area contributed by atoms with E-state index in [0.29, 0.717) is 30.0 Å². The molecular formula is C26H31N3O6. The molecule has 0 spiro atoms. The van der Waals surface area contributed by atoms with Crippen LogP contribution in [0.15, 0.2) is 42.5 Å². The van der Waals surface area contributed by atoms with E-state index < -0.39 is 12.0 Å². The highest BCUT2D eigenvalue weighted by Crippen LogP contribution is 2.29. The number of piperidine rings is 1. The third-order valence-electron chi connectivity index (χ3n) is 6.63. The van der Waals surface area contributed by atoms with Gasteiger partial charge in [-0.05, 0) is 61.2 Å². The fourth-order valence-corrected chi connectivity index (χ4v) is 4.75. The zero-order chi connectivity index (χ0) is 24.9. The van der Waals surface area contributed by atoms with Gasteiger partial charge < -0.3 is 24.4 Å². The summed E-state index contributed by atoms with van der Waals surface area (Å²) >= 11 is 0. The molecule has 0 bridgehead atoms. The van der Waals surface area contributed by atoms with Crippen molar-refractivity contribution in [3.63, 3.8) is 0 Å². The van der Waals surface area contributed by atoms with Crippen molar-refractivity contribution in [3.05, 3.63) is 59.2 Å². The van der Waals surface area contributed by atoms with Crippen LogP contribution in [0.3, 0.4) is 0 Å². The molecule has 4 rings (SSSR count). The molecule has 2 heterocycles. The number of rotatable bonds is 8. The molecule has 2 saturated heterocycles. The molecule has 0 saturated carbocycles. The first-order chi connectivity index (χ1) is 17.0. The smallest absolute Gasteiger partial charge is 0.337 e. The minimum atomic E-state index is -0.429. The Morgan fingerprint density at radius 3 is 2.40 bits per heavy atom. The van der Waals surface area contributed by atoms with E-state index in [0.717, 1.165) is 30.5 Å². The molecule has 3 amide bonds. The highest BCUT2D eigenvalue weighted by Gasteiger charge is 2.46. The predicted molar refractivity (Wildman–Crippen MR) is 128 cm³/mol. The molecule has 9 nitrogen and oxygen atoms in total. The van der Waals surface area contributed by atoms with Gasteiger partial charge in [0.05, 0.1) is 32.9 Å². The summed E-state index contributed by atoms with van der Waals surface area (Å²) in [5.41, 5.74) is 2.27. The second-order valence-electron chi connectivity index (χ2n) is 8.67. The van der Waals surface area contributed by atoms with Gasteiger partial charge in [0, 0.05) is 13.1 Å². The number of carbonyl (C=O) groups is 3. The van der Waals surface area contributed by atoms with Crippen molar-refractivity contribution in [2.45, 2.75) is 37.9 Å². The van der Waals surface area contributed by atoms with Crippen molar-refractivity contribution in [1.82, 2.24) is 15.1 Å². The van der Waals surface area contributed by atoms with Crippen LogP contribution in [0, 0.1) is 0 Å². The number of nitrogens with one attached hydrogen (secondary N) is 1. The second-order valence-corrected chi connectivity index (χ2v) is 8.67. The summed E-state index contributed by atoms with van der Waals surface area (Å²) < 4.78 is 15.4. The normalized spacial score (nSPS) is 19.9. The Kier molecular flexibility index (Phi) is 7.55. The minimum Gasteiger partial charge on any atom is -0.493 e. The number of fused-ring (bicyclic) bond motifs is 1. The largest absolute Gasteiger partial charge is 0.493 e. The Labute approximate surface area is 204 Å². The Morgan fingerprint density at radius 2 is 1.71 bits per heavy atom. The van der Waals surface area contributed by atoms with Gasteiger partial charge in [0.2, 0.25) is 5.91 Å². The Balaban J connectivity index is 1.53. The number of benzene rings is 2. The number of hydrogen-bond acceptors (Lipinski definition) is 7. The van der Waals surface area contributed by atoms with Crippen molar-refractivity contribution in [3.8, 4) is 11.5 Å². The van der Waals surface area contributed by atoms with Crippen molar-refractivity contribution >= 4 is 17.9 Å². The lowest BCUT2D eigenvalue weighted by molar-refractivity contribution is -0.137. The molecule has 35 heavy (non-hydrogen) atoms. The lowest BCUT2D eigenvalue weighted by Crippen LogP contribution is -2.69. The average Bonchev–Trinajstić information content (AvgIpc) is 2.90. The number of nitrogens with zero attached hydrogens (tertiary/aromatic N) is 2. The molecule has 2 aromatic rings. The lowest BCUT2D eigenvalue weighted by Gasteiger charge is -2.47. The third-order valence-corrected chi connectivity index (χ3v) is 6.63.